The number of hydrogen-bond donors (Lipinski definition) is 1. The summed E-state index contributed by atoms with van der Waals surface area (Å²) in [7, 11) is 0. The Kier molecular flexibility index (Phi) is 4.58. The first kappa shape index (κ1) is 16.4. The van der Waals surface area contributed by atoms with Gasteiger partial charge in [0, 0.05) is 25.0 Å². The summed E-state index contributed by atoms with van der Waals surface area (Å²) >= 11 is 0. The van der Waals surface area contributed by atoms with Crippen molar-refractivity contribution in [3.05, 3.63) is 69.5 Å². The van der Waals surface area contributed by atoms with Crippen LogP contribution in [0.25, 0.3) is 0 Å². The third-order valence-corrected chi connectivity index (χ3v) is 2.97. The normalized spacial score (nSPS) is 11.1. The number of carbonyl (C=O) groups is 1. The second kappa shape index (κ2) is 6.42. The van der Waals surface area contributed by atoms with Crippen molar-refractivity contribution >= 4 is 11.6 Å². The molecule has 6 nitrogen and oxygen atoms in total. The van der Waals surface area contributed by atoms with Crippen molar-refractivity contribution in [2.75, 3.05) is 0 Å². The Hall–Kier alpha value is -2.97. The van der Waals surface area contributed by atoms with E-state index < -0.39 is 33.8 Å². The van der Waals surface area contributed by atoms with E-state index in [0.29, 0.717) is 17.7 Å². The van der Waals surface area contributed by atoms with Gasteiger partial charge in [-0.15, -0.1) is 0 Å². The van der Waals surface area contributed by atoms with Crippen molar-refractivity contribution in [3.8, 4) is 0 Å². The van der Waals surface area contributed by atoms with Crippen LogP contribution < -0.4 is 5.32 Å². The van der Waals surface area contributed by atoms with Gasteiger partial charge in [0.1, 0.15) is 5.56 Å². The van der Waals surface area contributed by atoms with E-state index in [1.807, 2.05) is 0 Å². The summed E-state index contributed by atoms with van der Waals surface area (Å²) in [6.07, 6.45) is -1.72. The number of alkyl halides is 3. The minimum atomic E-state index is -4.73. The molecule has 1 aromatic heterocycles. The van der Waals surface area contributed by atoms with Gasteiger partial charge in [0.15, 0.2) is 0 Å². The lowest BCUT2D eigenvalue weighted by Crippen LogP contribution is -2.24. The van der Waals surface area contributed by atoms with Crippen LogP contribution in [-0.4, -0.2) is 15.8 Å². The van der Waals surface area contributed by atoms with Gasteiger partial charge < -0.3 is 5.32 Å². The Morgan fingerprint density at radius 2 is 1.87 bits per heavy atom. The van der Waals surface area contributed by atoms with E-state index >= 15 is 0 Å². The topological polar surface area (TPSA) is 85.1 Å². The van der Waals surface area contributed by atoms with Gasteiger partial charge in [-0.1, -0.05) is 0 Å². The predicted molar refractivity (Wildman–Crippen MR) is 73.5 cm³/mol. The molecule has 0 bridgehead atoms. The number of nitro groups is 1. The lowest BCUT2D eigenvalue weighted by molar-refractivity contribution is -0.385. The summed E-state index contributed by atoms with van der Waals surface area (Å²) in [5.74, 6) is -0.831. The maximum Gasteiger partial charge on any atom is 0.416 e. The first-order valence-corrected chi connectivity index (χ1v) is 6.32. The van der Waals surface area contributed by atoms with Crippen molar-refractivity contribution in [3.63, 3.8) is 0 Å². The van der Waals surface area contributed by atoms with Crippen molar-refractivity contribution in [1.29, 1.82) is 0 Å². The van der Waals surface area contributed by atoms with Gasteiger partial charge in [-0.3, -0.25) is 19.9 Å². The van der Waals surface area contributed by atoms with Crippen LogP contribution in [-0.2, 0) is 12.7 Å². The van der Waals surface area contributed by atoms with Crippen molar-refractivity contribution in [2.45, 2.75) is 12.7 Å². The average Bonchev–Trinajstić information content (AvgIpc) is 2.52. The monoisotopic (exact) mass is 325 g/mol. The Balaban J connectivity index is 2.24. The fourth-order valence-corrected chi connectivity index (χ4v) is 1.83. The van der Waals surface area contributed by atoms with E-state index in [1.165, 1.54) is 12.4 Å². The average molecular weight is 325 g/mol. The van der Waals surface area contributed by atoms with Crippen LogP contribution in [0.5, 0.6) is 0 Å². The zero-order chi connectivity index (χ0) is 17.0. The highest BCUT2D eigenvalue weighted by Gasteiger charge is 2.33. The number of hydrogen-bond acceptors (Lipinski definition) is 4. The van der Waals surface area contributed by atoms with Crippen LogP contribution in [0, 0.1) is 10.1 Å². The lowest BCUT2D eigenvalue weighted by atomic mass is 10.1. The summed E-state index contributed by atoms with van der Waals surface area (Å²) in [4.78, 5) is 25.7. The molecule has 0 aliphatic heterocycles. The van der Waals surface area contributed by atoms with Crippen LogP contribution in [0.2, 0.25) is 0 Å². The van der Waals surface area contributed by atoms with Crippen LogP contribution in [0.15, 0.2) is 42.7 Å². The molecule has 2 aromatic rings. The summed E-state index contributed by atoms with van der Waals surface area (Å²) in [6, 6.07) is 5.03. The second-order valence-corrected chi connectivity index (χ2v) is 4.52. The molecule has 0 atom stereocenters. The van der Waals surface area contributed by atoms with E-state index in [-0.39, 0.29) is 6.54 Å². The molecule has 0 aliphatic rings. The first-order valence-electron chi connectivity index (χ1n) is 6.32. The van der Waals surface area contributed by atoms with Crippen LogP contribution in [0.3, 0.4) is 0 Å². The highest BCUT2D eigenvalue weighted by atomic mass is 19.4. The third-order valence-electron chi connectivity index (χ3n) is 2.97. The Morgan fingerprint density at radius 1 is 1.22 bits per heavy atom. The molecular weight excluding hydrogens is 315 g/mol. The van der Waals surface area contributed by atoms with Crippen molar-refractivity contribution < 1.29 is 22.9 Å². The number of nitrogens with one attached hydrogen (secondary N) is 1. The second-order valence-electron chi connectivity index (χ2n) is 4.52. The van der Waals surface area contributed by atoms with E-state index in [4.69, 9.17) is 0 Å². The molecule has 0 radical (unpaired) electrons. The Morgan fingerprint density at radius 3 is 2.43 bits per heavy atom. The smallest absolute Gasteiger partial charge is 0.348 e. The fourth-order valence-electron chi connectivity index (χ4n) is 1.83. The highest BCUT2D eigenvalue weighted by Crippen LogP contribution is 2.32. The lowest BCUT2D eigenvalue weighted by Gasteiger charge is -2.09. The summed E-state index contributed by atoms with van der Waals surface area (Å²) in [5.41, 5.74) is -1.82. The minimum absolute atomic E-state index is 0.0690. The van der Waals surface area contributed by atoms with Gasteiger partial charge in [-0.05, 0) is 29.8 Å². The Bertz CT molecular complexity index is 733. The summed E-state index contributed by atoms with van der Waals surface area (Å²) < 4.78 is 37.8. The molecular formula is C14H10F3N3O3. The number of rotatable bonds is 4. The number of halogens is 3. The van der Waals surface area contributed by atoms with Gasteiger partial charge in [0.2, 0.25) is 0 Å². The quantitative estimate of drug-likeness (QED) is 0.692. The van der Waals surface area contributed by atoms with E-state index in [0.717, 1.165) is 6.07 Å². The van der Waals surface area contributed by atoms with Crippen molar-refractivity contribution in [1.82, 2.24) is 10.3 Å². The standard InChI is InChI=1S/C14H10F3N3O3/c15-14(16,17)10-1-2-11(12(7-10)20(22)23)13(21)19-8-9-3-5-18-6-4-9/h1-7H,8H2,(H,19,21). The number of nitrogens with zero attached hydrogens (tertiary/aromatic N) is 2. The molecule has 1 heterocycles. The minimum Gasteiger partial charge on any atom is -0.348 e. The maximum absolute atomic E-state index is 12.6. The molecule has 0 aliphatic carbocycles. The molecule has 0 unspecified atom stereocenters. The fraction of sp³-hybridized carbons (Fsp3) is 0.143. The number of aromatic nitrogens is 1. The third kappa shape index (κ3) is 4.02. The number of pyridine rings is 1. The van der Waals surface area contributed by atoms with E-state index in [9.17, 15) is 28.1 Å². The van der Waals surface area contributed by atoms with Crippen molar-refractivity contribution in [2.24, 2.45) is 0 Å². The largest absolute Gasteiger partial charge is 0.416 e. The van der Waals surface area contributed by atoms with Gasteiger partial charge in [-0.25, -0.2) is 0 Å². The van der Waals surface area contributed by atoms with Gasteiger partial charge in [0.05, 0.1) is 10.5 Å². The molecule has 0 fully saturated rings. The van der Waals surface area contributed by atoms with Gasteiger partial charge in [0.25, 0.3) is 11.6 Å². The molecule has 2 rings (SSSR count). The highest BCUT2D eigenvalue weighted by molar-refractivity contribution is 5.98. The SMILES string of the molecule is O=C(NCc1ccncc1)c1ccc(C(F)(F)F)cc1[N+](=O)[O-]. The summed E-state index contributed by atoms with van der Waals surface area (Å²) in [5, 5.41) is 13.3. The molecule has 120 valence electrons. The molecule has 1 amide bonds. The number of benzene rings is 1. The van der Waals surface area contributed by atoms with Crippen LogP contribution in [0.1, 0.15) is 21.5 Å². The number of nitro benzene ring substituents is 1. The maximum atomic E-state index is 12.6. The Labute approximate surface area is 128 Å². The summed E-state index contributed by atoms with van der Waals surface area (Å²) in [6.45, 7) is 0.0690. The van der Waals surface area contributed by atoms with E-state index in [2.05, 4.69) is 10.3 Å². The molecule has 1 aromatic carbocycles. The molecule has 9 heteroatoms. The number of amides is 1. The van der Waals surface area contributed by atoms with E-state index in [1.54, 1.807) is 12.1 Å². The first-order chi connectivity index (χ1) is 10.8. The molecule has 0 saturated carbocycles. The molecule has 0 spiro atoms. The van der Waals surface area contributed by atoms with Crippen LogP contribution in [0.4, 0.5) is 18.9 Å². The molecule has 1 N–H and O–H groups in total. The van der Waals surface area contributed by atoms with Gasteiger partial charge in [-0.2, -0.15) is 13.2 Å². The predicted octanol–water partition coefficient (Wildman–Crippen LogP) is 2.94. The van der Waals surface area contributed by atoms with Gasteiger partial charge >= 0.3 is 6.18 Å². The molecule has 0 saturated heterocycles. The van der Waals surface area contributed by atoms with Crippen LogP contribution >= 0.6 is 0 Å². The zero-order valence-electron chi connectivity index (χ0n) is 11.5. The zero-order valence-corrected chi connectivity index (χ0v) is 11.5. The molecule has 23 heavy (non-hydrogen) atoms. The number of carbonyl (C=O) groups excluding carboxylic acids is 1.